The highest BCUT2D eigenvalue weighted by atomic mass is 79.9. The summed E-state index contributed by atoms with van der Waals surface area (Å²) in [5, 5.41) is 0. The van der Waals surface area contributed by atoms with Gasteiger partial charge in [-0.2, -0.15) is 0 Å². The molecule has 0 atom stereocenters. The molecule has 0 aromatic carbocycles. The molecule has 0 aromatic heterocycles. The van der Waals surface area contributed by atoms with Gasteiger partial charge in [0.05, 0.1) is 27.7 Å². The summed E-state index contributed by atoms with van der Waals surface area (Å²) in [6.45, 7) is 3.63. The second kappa shape index (κ2) is 23.3. The molecule has 0 aromatic rings. The lowest BCUT2D eigenvalue weighted by atomic mass is 10.0. The van der Waals surface area contributed by atoms with E-state index in [0.29, 0.717) is 0 Å². The minimum atomic E-state index is -0.750. The predicted molar refractivity (Wildman–Crippen MR) is 115 cm³/mol. The maximum Gasteiger partial charge on any atom is 0.180 e. The zero-order chi connectivity index (χ0) is 18.7. The molecule has 0 aliphatic rings. The highest BCUT2D eigenvalue weighted by Gasteiger charge is 2.04. The van der Waals surface area contributed by atoms with Crippen LogP contribution in [0.15, 0.2) is 0 Å². The number of hydrogen-bond donors (Lipinski definition) is 0. The fraction of sp³-hybridized carbons (Fsp3) is 1.00. The van der Waals surface area contributed by atoms with Gasteiger partial charge >= 0.3 is 0 Å². The molecule has 0 bridgehead atoms. The average Bonchev–Trinajstić information content (AvgIpc) is 2.46. The molecule has 25 heavy (non-hydrogen) atoms. The Morgan fingerprint density at radius 1 is 0.560 bits per heavy atom. The number of nitrogens with zero attached hydrogens (tertiary/aromatic N) is 1. The molecule has 0 rings (SSSR count). The van der Waals surface area contributed by atoms with Crippen molar-refractivity contribution < 1.29 is 21.5 Å². The van der Waals surface area contributed by atoms with Crippen LogP contribution in [-0.4, -0.2) is 36.5 Å². The third-order valence-corrected chi connectivity index (χ3v) is 4.18. The van der Waals surface area contributed by atoms with Crippen molar-refractivity contribution in [3.8, 4) is 0 Å². The third kappa shape index (κ3) is 41.0. The van der Waals surface area contributed by atoms with Crippen molar-refractivity contribution in [3.05, 3.63) is 0 Å². The average molecular weight is 484 g/mol. The van der Waals surface area contributed by atoms with Gasteiger partial charge in [0.25, 0.3) is 0 Å². The molecule has 1 nitrogen and oxygen atoms in total. The summed E-state index contributed by atoms with van der Waals surface area (Å²) in [7, 11) is 6.88. The van der Waals surface area contributed by atoms with Crippen molar-refractivity contribution in [3.63, 3.8) is 0 Å². The molecule has 0 aliphatic carbocycles. The topological polar surface area (TPSA) is 0 Å². The van der Waals surface area contributed by atoms with Crippen LogP contribution in [0, 0.1) is 0 Å². The van der Waals surface area contributed by atoms with Gasteiger partial charge in [-0.25, -0.2) is 0 Å². The van der Waals surface area contributed by atoms with Crippen LogP contribution >= 0.6 is 34.8 Å². The fourth-order valence-electron chi connectivity index (χ4n) is 2.78. The van der Waals surface area contributed by atoms with Crippen molar-refractivity contribution in [2.24, 2.45) is 0 Å². The molecule has 0 radical (unpaired) electrons. The quantitative estimate of drug-likeness (QED) is 0.171. The molecule has 0 unspecified atom stereocenters. The molecule has 0 N–H and O–H groups in total. The van der Waals surface area contributed by atoms with E-state index in [0.717, 1.165) is 4.48 Å². The van der Waals surface area contributed by atoms with Crippen LogP contribution < -0.4 is 17.0 Å². The summed E-state index contributed by atoms with van der Waals surface area (Å²) in [4.78, 5) is 0. The van der Waals surface area contributed by atoms with Gasteiger partial charge in [-0.3, -0.25) is 0 Å². The highest BCUT2D eigenvalue weighted by Crippen LogP contribution is 2.13. The van der Waals surface area contributed by atoms with E-state index < -0.39 is 4.30 Å². The normalized spacial score (nSPS) is 11.0. The van der Waals surface area contributed by atoms with E-state index in [1.165, 1.54) is 96.4 Å². The Morgan fingerprint density at radius 3 is 1.04 bits per heavy atom. The van der Waals surface area contributed by atoms with Crippen LogP contribution in [0.5, 0.6) is 0 Å². The lowest BCUT2D eigenvalue weighted by Gasteiger charge is -2.23. The minimum absolute atomic E-state index is 0. The molecular weight excluding hydrogens is 440 g/mol. The van der Waals surface area contributed by atoms with Gasteiger partial charge in [-0.15, -0.1) is 0 Å². The SMILES string of the molecule is CCCCCCCCCCCCCCCC[N+](C)(C)C.ClC(Cl)Cl.[Br-]. The molecule has 5 heteroatoms. The standard InChI is InChI=1S/C19H42N.CHCl3.BrH/c1-5-6-7-8-9-10-11-12-13-14-15-16-17-18-19-20(2,3)4;2-1(3)4;/h5-19H2,1-4H3;1H;1H/q+1;;/p-1. The van der Waals surface area contributed by atoms with Crippen LogP contribution in [0.4, 0.5) is 0 Å². The largest absolute Gasteiger partial charge is 1.00 e. The second-order valence-electron chi connectivity index (χ2n) is 7.86. The monoisotopic (exact) mass is 481 g/mol. The number of rotatable bonds is 15. The molecule has 0 heterocycles. The Balaban J connectivity index is -0.000000867. The highest BCUT2D eigenvalue weighted by molar-refractivity contribution is 6.63. The lowest BCUT2D eigenvalue weighted by molar-refractivity contribution is -0.870. The first-order valence-electron chi connectivity index (χ1n) is 10.0. The van der Waals surface area contributed by atoms with Gasteiger partial charge in [-0.1, -0.05) is 119 Å². The van der Waals surface area contributed by atoms with Crippen molar-refractivity contribution in [2.75, 3.05) is 27.7 Å². The summed E-state index contributed by atoms with van der Waals surface area (Å²) in [6.07, 6.45) is 20.4. The molecule has 0 fully saturated rings. The van der Waals surface area contributed by atoms with E-state index in [2.05, 4.69) is 28.1 Å². The number of halogens is 4. The van der Waals surface area contributed by atoms with Crippen LogP contribution in [0.2, 0.25) is 0 Å². The molecule has 156 valence electrons. The number of unbranched alkanes of at least 4 members (excludes halogenated alkanes) is 13. The number of hydrogen-bond acceptors (Lipinski definition) is 0. The van der Waals surface area contributed by atoms with E-state index in [4.69, 9.17) is 34.8 Å². The van der Waals surface area contributed by atoms with Crippen LogP contribution in [0.3, 0.4) is 0 Å². The second-order valence-corrected chi connectivity index (χ2v) is 9.84. The Morgan fingerprint density at radius 2 is 0.800 bits per heavy atom. The van der Waals surface area contributed by atoms with Gasteiger partial charge < -0.3 is 21.5 Å². The Bertz CT molecular complexity index is 231. The summed E-state index contributed by atoms with van der Waals surface area (Å²) >= 11 is 14.4. The maximum absolute atomic E-state index is 4.81. The van der Waals surface area contributed by atoms with Gasteiger partial charge in [0.2, 0.25) is 0 Å². The number of alkyl halides is 3. The van der Waals surface area contributed by atoms with E-state index in [-0.39, 0.29) is 17.0 Å². The van der Waals surface area contributed by atoms with E-state index in [1.54, 1.807) is 0 Å². The molecule has 0 saturated heterocycles. The first kappa shape index (κ1) is 31.0. The Hall–Kier alpha value is 1.31. The first-order valence-corrected chi connectivity index (χ1v) is 11.3. The van der Waals surface area contributed by atoms with E-state index >= 15 is 0 Å². The third-order valence-electron chi connectivity index (χ3n) is 4.18. The fourth-order valence-corrected chi connectivity index (χ4v) is 2.78. The van der Waals surface area contributed by atoms with E-state index in [1.807, 2.05) is 0 Å². The smallest absolute Gasteiger partial charge is 0.180 e. The van der Waals surface area contributed by atoms with Crippen molar-refractivity contribution in [2.45, 2.75) is 101 Å². The van der Waals surface area contributed by atoms with Crippen LogP contribution in [0.1, 0.15) is 96.8 Å². The predicted octanol–water partition coefficient (Wildman–Crippen LogP) is 5.16. The van der Waals surface area contributed by atoms with Gasteiger partial charge in [0.15, 0.2) is 4.30 Å². The lowest BCUT2D eigenvalue weighted by Crippen LogP contribution is -3.00. The van der Waals surface area contributed by atoms with Crippen molar-refractivity contribution in [1.82, 2.24) is 0 Å². The van der Waals surface area contributed by atoms with Gasteiger partial charge in [-0.05, 0) is 12.8 Å². The Kier molecular flexibility index (Phi) is 29.0. The van der Waals surface area contributed by atoms with Crippen molar-refractivity contribution >= 4 is 34.8 Å². The molecule has 0 aliphatic heterocycles. The summed E-state index contributed by atoms with van der Waals surface area (Å²) in [5.74, 6) is 0. The van der Waals surface area contributed by atoms with Crippen molar-refractivity contribution in [1.29, 1.82) is 0 Å². The number of quaternary nitrogens is 1. The maximum atomic E-state index is 4.81. The first-order chi connectivity index (χ1) is 11.3. The van der Waals surface area contributed by atoms with Crippen LogP contribution in [-0.2, 0) is 0 Å². The summed E-state index contributed by atoms with van der Waals surface area (Å²) < 4.78 is 0.373. The molecule has 0 saturated carbocycles. The Labute approximate surface area is 184 Å². The summed E-state index contributed by atoms with van der Waals surface area (Å²) in [6, 6.07) is 0. The van der Waals surface area contributed by atoms with E-state index in [9.17, 15) is 0 Å². The van der Waals surface area contributed by atoms with Gasteiger partial charge in [0.1, 0.15) is 0 Å². The minimum Gasteiger partial charge on any atom is -1.00 e. The summed E-state index contributed by atoms with van der Waals surface area (Å²) in [5.41, 5.74) is 0. The molecule has 0 spiro atoms. The zero-order valence-electron chi connectivity index (χ0n) is 17.1. The van der Waals surface area contributed by atoms with Crippen LogP contribution in [0.25, 0.3) is 0 Å². The molecular formula is C20H43BrCl3N. The zero-order valence-corrected chi connectivity index (χ0v) is 21.0. The van der Waals surface area contributed by atoms with Gasteiger partial charge in [0, 0.05) is 0 Å². The molecule has 0 amide bonds.